The number of hydrogen-bond donors (Lipinski definition) is 1. The molecule has 4 aromatic rings. The van der Waals surface area contributed by atoms with E-state index in [4.69, 9.17) is 4.42 Å². The quantitative estimate of drug-likeness (QED) is 0.555. The van der Waals surface area contributed by atoms with Crippen molar-refractivity contribution in [3.05, 3.63) is 87.5 Å². The van der Waals surface area contributed by atoms with Gasteiger partial charge in [0.15, 0.2) is 11.2 Å². The van der Waals surface area contributed by atoms with Crippen molar-refractivity contribution in [1.82, 2.24) is 10.3 Å². The Balaban J connectivity index is 1.39. The number of carbonyl (C=O) groups is 1. The highest BCUT2D eigenvalue weighted by molar-refractivity contribution is 7.13. The Morgan fingerprint density at radius 3 is 2.75 bits per heavy atom. The summed E-state index contributed by atoms with van der Waals surface area (Å²) in [4.78, 5) is 28.9. The molecule has 4 rings (SSSR count). The van der Waals surface area contributed by atoms with E-state index >= 15 is 0 Å². The van der Waals surface area contributed by atoms with Gasteiger partial charge in [0, 0.05) is 30.0 Å². The van der Waals surface area contributed by atoms with Crippen LogP contribution in [0.4, 0.5) is 4.39 Å². The van der Waals surface area contributed by atoms with Crippen molar-refractivity contribution in [1.29, 1.82) is 0 Å². The van der Waals surface area contributed by atoms with E-state index in [1.807, 2.05) is 5.38 Å². The Hall–Kier alpha value is -3.32. The monoisotopic (exact) mass is 394 g/mol. The number of benzene rings is 2. The molecule has 0 spiro atoms. The largest absolute Gasteiger partial charge is 0.451 e. The highest BCUT2D eigenvalue weighted by Gasteiger charge is 2.12. The number of rotatable bonds is 5. The van der Waals surface area contributed by atoms with Crippen molar-refractivity contribution >= 4 is 28.2 Å². The summed E-state index contributed by atoms with van der Waals surface area (Å²) in [5.41, 5.74) is 1.79. The second-order valence-corrected chi connectivity index (χ2v) is 6.99. The molecule has 0 radical (unpaired) electrons. The fourth-order valence-corrected chi connectivity index (χ4v) is 3.61. The summed E-state index contributed by atoms with van der Waals surface area (Å²) in [6.45, 7) is 0.349. The number of fused-ring (bicyclic) bond motifs is 1. The molecule has 140 valence electrons. The summed E-state index contributed by atoms with van der Waals surface area (Å²) < 4.78 is 18.5. The normalized spacial score (nSPS) is 10.9. The van der Waals surface area contributed by atoms with E-state index in [2.05, 4.69) is 10.3 Å². The second kappa shape index (κ2) is 7.74. The van der Waals surface area contributed by atoms with Crippen LogP contribution >= 0.6 is 11.3 Å². The maximum atomic E-state index is 13.0. The Kier molecular flexibility index (Phi) is 4.99. The van der Waals surface area contributed by atoms with Crippen LogP contribution in [0.1, 0.15) is 16.2 Å². The van der Waals surface area contributed by atoms with Gasteiger partial charge in [-0.15, -0.1) is 11.3 Å². The van der Waals surface area contributed by atoms with Gasteiger partial charge in [0.1, 0.15) is 16.4 Å². The molecule has 2 aromatic carbocycles. The molecule has 7 heteroatoms. The SMILES string of the molecule is O=C(NCCc1csc(-c2ccc(F)cc2)n1)c1cc(=O)c2ccccc2o1. The van der Waals surface area contributed by atoms with Crippen molar-refractivity contribution in [3.8, 4) is 10.6 Å². The Morgan fingerprint density at radius 2 is 1.93 bits per heavy atom. The van der Waals surface area contributed by atoms with Crippen molar-refractivity contribution < 1.29 is 13.6 Å². The standard InChI is InChI=1S/C21H15FN2O3S/c22-14-7-5-13(6-8-14)21-24-15(12-28-21)9-10-23-20(26)19-11-17(25)16-3-1-2-4-18(16)27-19/h1-8,11-12H,9-10H2,(H,23,26). The summed E-state index contributed by atoms with van der Waals surface area (Å²) >= 11 is 1.46. The Bertz CT molecular complexity index is 1200. The molecule has 0 bridgehead atoms. The first-order chi connectivity index (χ1) is 13.6. The lowest BCUT2D eigenvalue weighted by molar-refractivity contribution is 0.0927. The van der Waals surface area contributed by atoms with Gasteiger partial charge in [0.05, 0.1) is 11.1 Å². The molecule has 1 amide bonds. The van der Waals surface area contributed by atoms with Crippen molar-refractivity contribution in [3.63, 3.8) is 0 Å². The zero-order chi connectivity index (χ0) is 19.5. The number of thiazole rings is 1. The minimum absolute atomic E-state index is 0.0195. The maximum Gasteiger partial charge on any atom is 0.287 e. The lowest BCUT2D eigenvalue weighted by atomic mass is 10.2. The molecule has 1 N–H and O–H groups in total. The van der Waals surface area contributed by atoms with Crippen LogP contribution in [0.15, 0.2) is 69.2 Å². The Morgan fingerprint density at radius 1 is 1.14 bits per heavy atom. The van der Waals surface area contributed by atoms with Gasteiger partial charge in [-0.2, -0.15) is 0 Å². The molecule has 2 aromatic heterocycles. The molecule has 2 heterocycles. The van der Waals surface area contributed by atoms with Gasteiger partial charge in [0.2, 0.25) is 0 Å². The van der Waals surface area contributed by atoms with Gasteiger partial charge in [-0.3, -0.25) is 9.59 Å². The molecular weight excluding hydrogens is 379 g/mol. The second-order valence-electron chi connectivity index (χ2n) is 6.13. The lowest BCUT2D eigenvalue weighted by Gasteiger charge is -2.04. The van der Waals surface area contributed by atoms with Crippen molar-refractivity contribution in [2.75, 3.05) is 6.54 Å². The van der Waals surface area contributed by atoms with E-state index in [0.29, 0.717) is 23.9 Å². The van der Waals surface area contributed by atoms with Gasteiger partial charge in [-0.25, -0.2) is 9.37 Å². The average molecular weight is 394 g/mol. The topological polar surface area (TPSA) is 72.2 Å². The summed E-state index contributed by atoms with van der Waals surface area (Å²) in [6.07, 6.45) is 0.529. The molecule has 0 fully saturated rings. The highest BCUT2D eigenvalue weighted by Crippen LogP contribution is 2.24. The zero-order valence-corrected chi connectivity index (χ0v) is 15.5. The maximum absolute atomic E-state index is 13.0. The first kappa shape index (κ1) is 18.1. The minimum Gasteiger partial charge on any atom is -0.451 e. The van der Waals surface area contributed by atoms with Crippen LogP contribution in [0.2, 0.25) is 0 Å². The van der Waals surface area contributed by atoms with E-state index in [1.165, 1.54) is 29.5 Å². The molecule has 0 saturated carbocycles. The molecule has 0 saturated heterocycles. The molecule has 0 unspecified atom stereocenters. The fraction of sp³-hybridized carbons (Fsp3) is 0.0952. The van der Waals surface area contributed by atoms with Gasteiger partial charge in [-0.1, -0.05) is 12.1 Å². The fourth-order valence-electron chi connectivity index (χ4n) is 2.75. The summed E-state index contributed by atoms with van der Waals surface area (Å²) in [7, 11) is 0. The van der Waals surface area contributed by atoms with Gasteiger partial charge in [0.25, 0.3) is 5.91 Å². The molecule has 0 atom stereocenters. The van der Waals surface area contributed by atoms with E-state index in [0.717, 1.165) is 16.3 Å². The first-order valence-electron chi connectivity index (χ1n) is 8.61. The smallest absolute Gasteiger partial charge is 0.287 e. The van der Waals surface area contributed by atoms with Crippen LogP contribution in [0, 0.1) is 5.82 Å². The van der Waals surface area contributed by atoms with E-state index in [-0.39, 0.29) is 17.0 Å². The lowest BCUT2D eigenvalue weighted by Crippen LogP contribution is -2.26. The number of para-hydroxylation sites is 1. The highest BCUT2D eigenvalue weighted by atomic mass is 32.1. The zero-order valence-electron chi connectivity index (χ0n) is 14.6. The molecular formula is C21H15FN2O3S. The molecule has 28 heavy (non-hydrogen) atoms. The predicted molar refractivity (Wildman–Crippen MR) is 106 cm³/mol. The van der Waals surface area contributed by atoms with Crippen LogP contribution in [0.5, 0.6) is 0 Å². The third-order valence-electron chi connectivity index (χ3n) is 4.17. The van der Waals surface area contributed by atoms with E-state index in [1.54, 1.807) is 36.4 Å². The number of hydrogen-bond acceptors (Lipinski definition) is 5. The summed E-state index contributed by atoms with van der Waals surface area (Å²) in [6, 6.07) is 14.2. The number of halogens is 1. The molecule has 0 aliphatic heterocycles. The molecule has 0 aliphatic rings. The third-order valence-corrected chi connectivity index (χ3v) is 5.11. The van der Waals surface area contributed by atoms with Crippen LogP contribution in [-0.4, -0.2) is 17.4 Å². The number of nitrogens with zero attached hydrogens (tertiary/aromatic N) is 1. The molecule has 0 aliphatic carbocycles. The van der Waals surface area contributed by atoms with Crippen molar-refractivity contribution in [2.24, 2.45) is 0 Å². The van der Waals surface area contributed by atoms with Crippen molar-refractivity contribution in [2.45, 2.75) is 6.42 Å². The van der Waals surface area contributed by atoms with Crippen LogP contribution < -0.4 is 10.7 Å². The third kappa shape index (κ3) is 3.84. The number of amides is 1. The number of carbonyl (C=O) groups excluding carboxylic acids is 1. The Labute approximate surface area is 163 Å². The van der Waals surface area contributed by atoms with Gasteiger partial charge in [-0.05, 0) is 36.4 Å². The van der Waals surface area contributed by atoms with Gasteiger partial charge < -0.3 is 9.73 Å². The average Bonchev–Trinajstić information content (AvgIpc) is 3.17. The minimum atomic E-state index is -0.447. The number of nitrogens with one attached hydrogen (secondary N) is 1. The molecule has 5 nitrogen and oxygen atoms in total. The van der Waals surface area contributed by atoms with Gasteiger partial charge >= 0.3 is 0 Å². The van der Waals surface area contributed by atoms with Crippen LogP contribution in [0.3, 0.4) is 0 Å². The number of aromatic nitrogens is 1. The summed E-state index contributed by atoms with van der Waals surface area (Å²) in [5, 5.41) is 5.88. The summed E-state index contributed by atoms with van der Waals surface area (Å²) in [5.74, 6) is -0.755. The van der Waals surface area contributed by atoms with Crippen LogP contribution in [0.25, 0.3) is 21.5 Å². The first-order valence-corrected chi connectivity index (χ1v) is 9.49. The van der Waals surface area contributed by atoms with Crippen LogP contribution in [-0.2, 0) is 6.42 Å². The predicted octanol–water partition coefficient (Wildman–Crippen LogP) is 4.03. The van der Waals surface area contributed by atoms with E-state index < -0.39 is 5.91 Å². The van der Waals surface area contributed by atoms with E-state index in [9.17, 15) is 14.0 Å².